The number of ether oxygens (including phenoxy) is 3. The van der Waals surface area contributed by atoms with E-state index in [1.54, 1.807) is 27.7 Å². The van der Waals surface area contributed by atoms with Gasteiger partial charge in [-0.2, -0.15) is 0 Å². The zero-order valence-corrected chi connectivity index (χ0v) is 12.6. The van der Waals surface area contributed by atoms with Crippen LogP contribution >= 0.6 is 7.37 Å². The van der Waals surface area contributed by atoms with Gasteiger partial charge in [0, 0.05) is 12.8 Å². The van der Waals surface area contributed by atoms with Gasteiger partial charge in [-0.15, -0.1) is 0 Å². The fraction of sp³-hybridized carbons (Fsp3) is 1.00. The van der Waals surface area contributed by atoms with Crippen LogP contribution in [0.4, 0.5) is 0 Å². The average molecular weight is 355 g/mol. The van der Waals surface area contributed by atoms with Crippen molar-refractivity contribution in [2.45, 2.75) is 62.8 Å². The molecule has 4 saturated heterocycles. The predicted octanol–water partition coefficient (Wildman–Crippen LogP) is 1.36. The van der Waals surface area contributed by atoms with Crippen LogP contribution in [-0.2, 0) is 41.2 Å². The minimum atomic E-state index is -3.79. The van der Waals surface area contributed by atoms with Gasteiger partial charge in [0.2, 0.25) is 0 Å². The molecule has 4 aliphatic rings. The Labute approximate surface area is 116 Å². The molecule has 0 radical (unpaired) electrons. The fourth-order valence-electron chi connectivity index (χ4n) is 3.67. The molecule has 5 nitrogen and oxygen atoms in total. The first-order chi connectivity index (χ1) is 7.04. The standard InChI is InChI=1S/C10H17O5P.Ag/c1-7-5-9(3)15-8(2,13-7)6-10(4,14-7)16(9,11)12;/h5-6H2,1-4H3,(H,11,12);/q;+1/p-1. The summed E-state index contributed by atoms with van der Waals surface area (Å²) >= 11 is 0. The Morgan fingerprint density at radius 2 is 1.29 bits per heavy atom. The van der Waals surface area contributed by atoms with E-state index < -0.39 is 29.6 Å². The van der Waals surface area contributed by atoms with Crippen molar-refractivity contribution in [2.75, 3.05) is 0 Å². The van der Waals surface area contributed by atoms with E-state index in [-0.39, 0.29) is 35.2 Å². The van der Waals surface area contributed by atoms with E-state index >= 15 is 0 Å². The van der Waals surface area contributed by atoms with Crippen LogP contribution in [0.15, 0.2) is 0 Å². The second-order valence-corrected chi connectivity index (χ2v) is 8.82. The van der Waals surface area contributed by atoms with Crippen molar-refractivity contribution in [3.8, 4) is 0 Å². The molecule has 17 heavy (non-hydrogen) atoms. The Hall–Kier alpha value is 0.810. The second kappa shape index (κ2) is 3.28. The SMILES string of the molecule is CC12CC3(C)OC(C)(CC(C)(O1)P3(=O)[O-])O2.[Ag+]. The summed E-state index contributed by atoms with van der Waals surface area (Å²) in [6, 6.07) is 0. The van der Waals surface area contributed by atoms with E-state index in [1.165, 1.54) is 0 Å². The van der Waals surface area contributed by atoms with Crippen LogP contribution in [0.2, 0.25) is 0 Å². The smallest absolute Gasteiger partial charge is 0.795 e. The summed E-state index contributed by atoms with van der Waals surface area (Å²) < 4.78 is 29.5. The van der Waals surface area contributed by atoms with Crippen LogP contribution in [0.1, 0.15) is 40.5 Å². The first-order valence-electron chi connectivity index (χ1n) is 5.45. The van der Waals surface area contributed by atoms with Gasteiger partial charge in [0.25, 0.3) is 0 Å². The maximum atomic E-state index is 12.4. The molecule has 4 rings (SSSR count). The Kier molecular flexibility index (Phi) is 2.74. The van der Waals surface area contributed by atoms with Crippen molar-refractivity contribution in [3.05, 3.63) is 0 Å². The molecule has 4 heterocycles. The minimum Gasteiger partial charge on any atom is -0.795 e. The van der Waals surface area contributed by atoms with Crippen LogP contribution in [0.5, 0.6) is 0 Å². The van der Waals surface area contributed by atoms with Crippen LogP contribution < -0.4 is 4.89 Å². The summed E-state index contributed by atoms with van der Waals surface area (Å²) in [5.74, 6) is -1.71. The molecule has 0 aliphatic carbocycles. The molecule has 0 spiro atoms. The van der Waals surface area contributed by atoms with Crippen molar-refractivity contribution < 1.29 is 46.0 Å². The summed E-state index contributed by atoms with van der Waals surface area (Å²) in [6.45, 7) is 6.81. The molecule has 4 atom stereocenters. The van der Waals surface area contributed by atoms with Crippen LogP contribution in [0.3, 0.4) is 0 Å². The van der Waals surface area contributed by atoms with Gasteiger partial charge in [0.05, 0.1) is 7.37 Å². The van der Waals surface area contributed by atoms with Crippen LogP contribution in [-0.4, -0.2) is 22.3 Å². The summed E-state index contributed by atoms with van der Waals surface area (Å²) in [4.78, 5) is 12.4. The van der Waals surface area contributed by atoms with Crippen molar-refractivity contribution >= 4 is 7.37 Å². The quantitative estimate of drug-likeness (QED) is 0.485. The van der Waals surface area contributed by atoms with Gasteiger partial charge in [0.15, 0.2) is 11.6 Å². The molecule has 0 aromatic rings. The molecule has 0 aromatic carbocycles. The molecule has 0 aromatic heterocycles. The van der Waals surface area contributed by atoms with E-state index in [4.69, 9.17) is 14.2 Å². The molecular formula is C10H16AgO5P. The zero-order chi connectivity index (χ0) is 12.0. The Morgan fingerprint density at radius 1 is 0.941 bits per heavy atom. The first-order valence-corrected chi connectivity index (χ1v) is 7.08. The largest absolute Gasteiger partial charge is 1.00 e. The van der Waals surface area contributed by atoms with Crippen LogP contribution in [0.25, 0.3) is 0 Å². The molecule has 4 bridgehead atoms. The van der Waals surface area contributed by atoms with E-state index in [2.05, 4.69) is 0 Å². The maximum Gasteiger partial charge on any atom is 1.00 e. The fourth-order valence-corrected chi connectivity index (χ4v) is 6.28. The van der Waals surface area contributed by atoms with Gasteiger partial charge in [0.1, 0.15) is 10.7 Å². The van der Waals surface area contributed by atoms with Gasteiger partial charge in [-0.05, 0) is 27.7 Å². The third-order valence-corrected chi connectivity index (χ3v) is 6.84. The maximum absolute atomic E-state index is 12.4. The minimum absolute atomic E-state index is 0. The first kappa shape index (κ1) is 14.2. The van der Waals surface area contributed by atoms with E-state index in [0.29, 0.717) is 0 Å². The normalized spacial score (nSPS) is 64.5. The van der Waals surface area contributed by atoms with Gasteiger partial charge in [-0.25, -0.2) is 0 Å². The Balaban J connectivity index is 0.00000108. The monoisotopic (exact) mass is 354 g/mol. The molecular weight excluding hydrogens is 339 g/mol. The van der Waals surface area contributed by atoms with E-state index in [0.717, 1.165) is 0 Å². The molecule has 4 aliphatic heterocycles. The van der Waals surface area contributed by atoms with Crippen molar-refractivity contribution in [3.63, 3.8) is 0 Å². The molecule has 4 unspecified atom stereocenters. The average Bonchev–Trinajstić information content (AvgIpc) is 1.93. The molecule has 0 amide bonds. The van der Waals surface area contributed by atoms with Crippen molar-refractivity contribution in [2.24, 2.45) is 0 Å². The van der Waals surface area contributed by atoms with Crippen LogP contribution in [0, 0.1) is 0 Å². The molecule has 0 N–H and O–H groups in total. The molecule has 102 valence electrons. The summed E-state index contributed by atoms with van der Waals surface area (Å²) in [6.07, 6.45) is 0.456. The van der Waals surface area contributed by atoms with Gasteiger partial charge < -0.3 is 23.7 Å². The third kappa shape index (κ3) is 1.55. The van der Waals surface area contributed by atoms with E-state index in [9.17, 15) is 9.46 Å². The van der Waals surface area contributed by atoms with Crippen molar-refractivity contribution in [1.29, 1.82) is 0 Å². The Morgan fingerprint density at radius 3 is 1.65 bits per heavy atom. The van der Waals surface area contributed by atoms with Gasteiger partial charge in [-0.3, -0.25) is 0 Å². The summed E-state index contributed by atoms with van der Waals surface area (Å²) in [5.41, 5.74) is 0. The number of hydrogen-bond acceptors (Lipinski definition) is 5. The number of rotatable bonds is 0. The molecule has 7 heteroatoms. The van der Waals surface area contributed by atoms with Gasteiger partial charge in [-0.1, -0.05) is 0 Å². The third-order valence-electron chi connectivity index (χ3n) is 3.85. The second-order valence-electron chi connectivity index (χ2n) is 5.83. The molecule has 0 saturated carbocycles. The summed E-state index contributed by atoms with van der Waals surface area (Å²) in [5, 5.41) is -2.33. The predicted molar refractivity (Wildman–Crippen MR) is 53.7 cm³/mol. The topological polar surface area (TPSA) is 67.8 Å². The van der Waals surface area contributed by atoms with E-state index in [1.807, 2.05) is 0 Å². The molecule has 4 fully saturated rings. The van der Waals surface area contributed by atoms with Gasteiger partial charge >= 0.3 is 22.4 Å². The van der Waals surface area contributed by atoms with Crippen molar-refractivity contribution in [1.82, 2.24) is 0 Å². The Bertz CT molecular complexity index is 377. The summed E-state index contributed by atoms with van der Waals surface area (Å²) in [7, 11) is -3.79. The number of hydrogen-bond donors (Lipinski definition) is 0. The zero-order valence-electron chi connectivity index (χ0n) is 10.2.